The number of hydrogen-bond acceptors (Lipinski definition) is 5. The van der Waals surface area contributed by atoms with Crippen LogP contribution in [0.5, 0.6) is 0 Å². The van der Waals surface area contributed by atoms with E-state index >= 15 is 0 Å². The van der Waals surface area contributed by atoms with Crippen LogP contribution >= 0.6 is 0 Å². The van der Waals surface area contributed by atoms with Crippen molar-refractivity contribution in [3.63, 3.8) is 0 Å². The van der Waals surface area contributed by atoms with Crippen LogP contribution < -0.4 is 16.0 Å². The number of alkyl carbamates (subject to hydrolysis) is 1. The van der Waals surface area contributed by atoms with Crippen molar-refractivity contribution < 1.29 is 29.0 Å². The lowest BCUT2D eigenvalue weighted by atomic mass is 9.91. The molecule has 2 rings (SSSR count). The average molecular weight is 397 g/mol. The fourth-order valence-corrected chi connectivity index (χ4v) is 3.21. The molecule has 0 aromatic rings. The molecule has 9 heteroatoms. The van der Waals surface area contributed by atoms with E-state index in [0.717, 1.165) is 19.3 Å². The van der Waals surface area contributed by atoms with Crippen molar-refractivity contribution in [2.75, 3.05) is 6.54 Å². The molecule has 0 spiro atoms. The minimum Gasteiger partial charge on any atom is -0.480 e. The molecule has 2 aliphatic rings. The highest BCUT2D eigenvalue weighted by molar-refractivity contribution is 5.89. The van der Waals surface area contributed by atoms with Gasteiger partial charge in [-0.25, -0.2) is 9.59 Å². The molecular weight excluding hydrogens is 366 g/mol. The number of carbonyl (C=O) groups is 4. The van der Waals surface area contributed by atoms with Gasteiger partial charge < -0.3 is 25.8 Å². The van der Waals surface area contributed by atoms with Gasteiger partial charge >= 0.3 is 12.1 Å². The first kappa shape index (κ1) is 22.0. The van der Waals surface area contributed by atoms with Crippen LogP contribution in [0.15, 0.2) is 0 Å². The first-order valence-electron chi connectivity index (χ1n) is 9.85. The monoisotopic (exact) mass is 397 g/mol. The summed E-state index contributed by atoms with van der Waals surface area (Å²) in [6.07, 6.45) is 3.06. The number of rotatable bonds is 8. The van der Waals surface area contributed by atoms with Gasteiger partial charge in [0.15, 0.2) is 0 Å². The van der Waals surface area contributed by atoms with Crippen molar-refractivity contribution in [1.29, 1.82) is 0 Å². The van der Waals surface area contributed by atoms with Gasteiger partial charge in [0.1, 0.15) is 17.7 Å². The van der Waals surface area contributed by atoms with Crippen LogP contribution in [0.4, 0.5) is 4.79 Å². The summed E-state index contributed by atoms with van der Waals surface area (Å²) in [5.74, 6) is -2.07. The van der Waals surface area contributed by atoms with E-state index < -0.39 is 41.6 Å². The Labute approximate surface area is 165 Å². The molecule has 3 atom stereocenters. The van der Waals surface area contributed by atoms with Crippen molar-refractivity contribution in [3.8, 4) is 0 Å². The third-order valence-electron chi connectivity index (χ3n) is 4.81. The number of nitrogens with one attached hydrogen (secondary N) is 3. The predicted octanol–water partition coefficient (Wildman–Crippen LogP) is 1.17. The van der Waals surface area contributed by atoms with Gasteiger partial charge in [-0.1, -0.05) is 12.8 Å². The van der Waals surface area contributed by atoms with Gasteiger partial charge in [-0.3, -0.25) is 9.59 Å². The number of hydrogen-bond donors (Lipinski definition) is 4. The van der Waals surface area contributed by atoms with Crippen LogP contribution in [-0.4, -0.2) is 53.2 Å². The van der Waals surface area contributed by atoms with E-state index in [1.54, 1.807) is 20.8 Å². The third kappa shape index (κ3) is 7.36. The highest BCUT2D eigenvalue weighted by Crippen LogP contribution is 2.33. The van der Waals surface area contributed by atoms with Crippen molar-refractivity contribution in [2.24, 2.45) is 11.8 Å². The minimum atomic E-state index is -1.20. The molecule has 0 bridgehead atoms. The Balaban J connectivity index is 1.98. The molecule has 1 aliphatic carbocycles. The number of piperidine rings is 1. The van der Waals surface area contributed by atoms with Crippen LogP contribution in [0.2, 0.25) is 0 Å². The number of amides is 3. The number of carboxylic acid groups (broad SMARTS) is 1. The maximum Gasteiger partial charge on any atom is 0.408 e. The van der Waals surface area contributed by atoms with E-state index in [-0.39, 0.29) is 12.3 Å². The largest absolute Gasteiger partial charge is 0.480 e. The van der Waals surface area contributed by atoms with Crippen LogP contribution in [-0.2, 0) is 19.1 Å². The maximum absolute atomic E-state index is 12.7. The van der Waals surface area contributed by atoms with Gasteiger partial charge in [0.25, 0.3) is 0 Å². The van der Waals surface area contributed by atoms with Crippen molar-refractivity contribution in [1.82, 2.24) is 16.0 Å². The molecule has 0 aromatic heterocycles. The highest BCUT2D eigenvalue weighted by atomic mass is 16.6. The topological polar surface area (TPSA) is 134 Å². The first-order valence-corrected chi connectivity index (χ1v) is 9.85. The smallest absolute Gasteiger partial charge is 0.408 e. The summed E-state index contributed by atoms with van der Waals surface area (Å²) in [5, 5.41) is 17.3. The van der Waals surface area contributed by atoms with Crippen molar-refractivity contribution in [3.05, 3.63) is 0 Å². The Hall–Kier alpha value is -2.32. The zero-order valence-corrected chi connectivity index (χ0v) is 16.7. The summed E-state index contributed by atoms with van der Waals surface area (Å²) in [4.78, 5) is 48.3. The van der Waals surface area contributed by atoms with Gasteiger partial charge in [0.05, 0.1) is 0 Å². The number of aliphatic carboxylic acids is 1. The lowest BCUT2D eigenvalue weighted by Gasteiger charge is -2.27. The van der Waals surface area contributed by atoms with Gasteiger partial charge in [-0.2, -0.15) is 0 Å². The lowest BCUT2D eigenvalue weighted by Crippen LogP contribution is -2.53. The third-order valence-corrected chi connectivity index (χ3v) is 4.81. The molecule has 0 aromatic carbocycles. The molecule has 158 valence electrons. The zero-order chi connectivity index (χ0) is 20.9. The van der Waals surface area contributed by atoms with E-state index in [4.69, 9.17) is 4.74 Å². The molecule has 9 nitrogen and oxygen atoms in total. The molecule has 2 unspecified atom stereocenters. The molecule has 2 fully saturated rings. The summed E-state index contributed by atoms with van der Waals surface area (Å²) < 4.78 is 5.21. The van der Waals surface area contributed by atoms with E-state index in [1.807, 2.05) is 0 Å². The molecule has 1 aliphatic heterocycles. The molecule has 4 N–H and O–H groups in total. The Morgan fingerprint density at radius 2 is 1.82 bits per heavy atom. The molecule has 1 heterocycles. The Kier molecular flexibility index (Phi) is 7.26. The normalized spacial score (nSPS) is 21.8. The van der Waals surface area contributed by atoms with Gasteiger partial charge in [-0.05, 0) is 52.4 Å². The Bertz CT molecular complexity index is 611. The number of ether oxygens (including phenoxy) is 1. The molecule has 1 saturated carbocycles. The first-order chi connectivity index (χ1) is 13.0. The summed E-state index contributed by atoms with van der Waals surface area (Å²) in [6.45, 7) is 5.75. The fraction of sp³-hybridized carbons (Fsp3) is 0.789. The second kappa shape index (κ2) is 9.25. The van der Waals surface area contributed by atoms with Crippen molar-refractivity contribution >= 4 is 23.9 Å². The maximum atomic E-state index is 12.7. The zero-order valence-electron chi connectivity index (χ0n) is 16.7. The average Bonchev–Trinajstić information content (AvgIpc) is 3.37. The summed E-state index contributed by atoms with van der Waals surface area (Å²) in [5.41, 5.74) is -0.706. The minimum absolute atomic E-state index is 0.0233. The number of carbonyl (C=O) groups excluding carboxylic acids is 3. The predicted molar refractivity (Wildman–Crippen MR) is 100 cm³/mol. The second-order valence-corrected chi connectivity index (χ2v) is 8.64. The Morgan fingerprint density at radius 3 is 2.36 bits per heavy atom. The summed E-state index contributed by atoms with van der Waals surface area (Å²) >= 11 is 0. The quantitative estimate of drug-likeness (QED) is 0.486. The van der Waals surface area contributed by atoms with Crippen LogP contribution in [0.25, 0.3) is 0 Å². The van der Waals surface area contributed by atoms with Crippen LogP contribution in [0.3, 0.4) is 0 Å². The number of carboxylic acids is 1. The SMILES string of the molecule is CC(C)(C)OC(=O)NC(CC1CC1)C(=O)NC(C[C@@H]1CCCNC1=O)C(=O)O. The fourth-order valence-electron chi connectivity index (χ4n) is 3.21. The molecule has 1 saturated heterocycles. The van der Waals surface area contributed by atoms with E-state index in [9.17, 15) is 24.3 Å². The highest BCUT2D eigenvalue weighted by Gasteiger charge is 2.35. The van der Waals surface area contributed by atoms with Gasteiger partial charge in [0, 0.05) is 12.5 Å². The summed E-state index contributed by atoms with van der Waals surface area (Å²) in [7, 11) is 0. The van der Waals surface area contributed by atoms with E-state index in [1.165, 1.54) is 0 Å². The van der Waals surface area contributed by atoms with E-state index in [0.29, 0.717) is 25.3 Å². The molecular formula is C19H31N3O6. The van der Waals surface area contributed by atoms with Crippen molar-refractivity contribution in [2.45, 2.75) is 77.0 Å². The molecule has 28 heavy (non-hydrogen) atoms. The second-order valence-electron chi connectivity index (χ2n) is 8.64. The van der Waals surface area contributed by atoms with E-state index in [2.05, 4.69) is 16.0 Å². The lowest BCUT2D eigenvalue weighted by molar-refractivity contribution is -0.143. The Morgan fingerprint density at radius 1 is 1.14 bits per heavy atom. The van der Waals surface area contributed by atoms with Crippen LogP contribution in [0, 0.1) is 11.8 Å². The van der Waals surface area contributed by atoms with Crippen LogP contribution in [0.1, 0.15) is 59.3 Å². The van der Waals surface area contributed by atoms with Gasteiger partial charge in [0.2, 0.25) is 11.8 Å². The molecule has 0 radical (unpaired) electrons. The molecule has 3 amide bonds. The standard InChI is InChI=1S/C19H31N3O6/c1-19(2,3)28-18(27)22-13(9-11-6-7-11)16(24)21-14(17(25)26)10-12-5-4-8-20-15(12)23/h11-14H,4-10H2,1-3H3,(H,20,23)(H,21,24)(H,22,27)(H,25,26)/t12-,13?,14?/m0/s1. The summed E-state index contributed by atoms with van der Waals surface area (Å²) in [6, 6.07) is -2.06. The van der Waals surface area contributed by atoms with Gasteiger partial charge in [-0.15, -0.1) is 0 Å².